The first-order valence-corrected chi connectivity index (χ1v) is 5.45. The molecule has 5 heteroatoms. The van der Waals surface area contributed by atoms with Crippen molar-refractivity contribution in [1.82, 2.24) is 5.32 Å². The number of nitrogens with one attached hydrogen (secondary N) is 1. The second kappa shape index (κ2) is 4.81. The standard InChI is InChI=1S/C10H15BrN2O2/c1-10(2,5-9(12)14)13-6-8-7(11)3-4-15-8/h3-4,13H,5-6H2,1-2H3,(H2,12,14). The maximum Gasteiger partial charge on any atom is 0.219 e. The Bertz CT molecular complexity index is 347. The van der Waals surface area contributed by atoms with Crippen molar-refractivity contribution in [1.29, 1.82) is 0 Å². The van der Waals surface area contributed by atoms with Crippen LogP contribution in [0.2, 0.25) is 0 Å². The van der Waals surface area contributed by atoms with Crippen LogP contribution in [0.15, 0.2) is 21.2 Å². The summed E-state index contributed by atoms with van der Waals surface area (Å²) in [5.74, 6) is 0.499. The van der Waals surface area contributed by atoms with Gasteiger partial charge < -0.3 is 15.5 Å². The minimum Gasteiger partial charge on any atom is -0.467 e. The first-order chi connectivity index (χ1) is 6.91. The van der Waals surface area contributed by atoms with Crippen molar-refractivity contribution in [3.05, 3.63) is 22.6 Å². The predicted octanol–water partition coefficient (Wildman–Crippen LogP) is 1.79. The molecule has 84 valence electrons. The highest BCUT2D eigenvalue weighted by atomic mass is 79.9. The molecule has 0 aliphatic heterocycles. The van der Waals surface area contributed by atoms with Gasteiger partial charge in [0.25, 0.3) is 0 Å². The lowest BCUT2D eigenvalue weighted by atomic mass is 10.0. The molecule has 0 unspecified atom stereocenters. The van der Waals surface area contributed by atoms with Crippen LogP contribution in [0.4, 0.5) is 0 Å². The molecule has 1 aromatic heterocycles. The highest BCUT2D eigenvalue weighted by Crippen LogP contribution is 2.18. The van der Waals surface area contributed by atoms with Crippen molar-refractivity contribution in [2.45, 2.75) is 32.4 Å². The zero-order valence-corrected chi connectivity index (χ0v) is 10.4. The Balaban J connectivity index is 2.49. The summed E-state index contributed by atoms with van der Waals surface area (Å²) in [6.45, 7) is 4.41. The van der Waals surface area contributed by atoms with Gasteiger partial charge >= 0.3 is 0 Å². The largest absolute Gasteiger partial charge is 0.467 e. The molecule has 4 nitrogen and oxygen atoms in total. The van der Waals surface area contributed by atoms with Crippen LogP contribution in [-0.4, -0.2) is 11.4 Å². The Kier molecular flexibility index (Phi) is 3.93. The third-order valence-electron chi connectivity index (χ3n) is 2.03. The first-order valence-electron chi connectivity index (χ1n) is 4.66. The topological polar surface area (TPSA) is 68.3 Å². The Morgan fingerprint density at radius 1 is 1.67 bits per heavy atom. The van der Waals surface area contributed by atoms with E-state index in [9.17, 15) is 4.79 Å². The number of rotatable bonds is 5. The highest BCUT2D eigenvalue weighted by Gasteiger charge is 2.20. The summed E-state index contributed by atoms with van der Waals surface area (Å²) >= 11 is 3.36. The molecule has 0 aliphatic rings. The SMILES string of the molecule is CC(C)(CC(N)=O)NCc1occc1Br. The van der Waals surface area contributed by atoms with E-state index in [1.807, 2.05) is 19.9 Å². The fraction of sp³-hybridized carbons (Fsp3) is 0.500. The summed E-state index contributed by atoms with van der Waals surface area (Å²) in [6.07, 6.45) is 1.91. The van der Waals surface area contributed by atoms with Crippen LogP contribution in [0.1, 0.15) is 26.0 Å². The molecule has 0 saturated carbocycles. The zero-order valence-electron chi connectivity index (χ0n) is 8.84. The van der Waals surface area contributed by atoms with Gasteiger partial charge in [0.15, 0.2) is 0 Å². The third-order valence-corrected chi connectivity index (χ3v) is 2.74. The lowest BCUT2D eigenvalue weighted by molar-refractivity contribution is -0.119. The quantitative estimate of drug-likeness (QED) is 0.860. The number of hydrogen-bond donors (Lipinski definition) is 2. The Labute approximate surface area is 97.3 Å². The van der Waals surface area contributed by atoms with Crippen molar-refractivity contribution >= 4 is 21.8 Å². The number of hydrogen-bond acceptors (Lipinski definition) is 3. The average molecular weight is 275 g/mol. The van der Waals surface area contributed by atoms with Gasteiger partial charge in [0.2, 0.25) is 5.91 Å². The number of halogens is 1. The smallest absolute Gasteiger partial charge is 0.219 e. The molecule has 1 heterocycles. The van der Waals surface area contributed by atoms with E-state index in [1.165, 1.54) is 0 Å². The summed E-state index contributed by atoms with van der Waals surface area (Å²) in [6, 6.07) is 1.83. The second-order valence-corrected chi connectivity index (χ2v) is 4.93. The summed E-state index contributed by atoms with van der Waals surface area (Å²) in [5.41, 5.74) is 4.82. The number of primary amides is 1. The summed E-state index contributed by atoms with van der Waals surface area (Å²) in [7, 11) is 0. The maximum atomic E-state index is 10.8. The molecule has 0 aromatic carbocycles. The maximum absolute atomic E-state index is 10.8. The number of furan rings is 1. The van der Waals surface area contributed by atoms with Crippen molar-refractivity contribution in [2.24, 2.45) is 5.73 Å². The highest BCUT2D eigenvalue weighted by molar-refractivity contribution is 9.10. The Morgan fingerprint density at radius 3 is 2.80 bits per heavy atom. The molecule has 0 saturated heterocycles. The van der Waals surface area contributed by atoms with Gasteiger partial charge in [-0.25, -0.2) is 0 Å². The van der Waals surface area contributed by atoms with Gasteiger partial charge in [-0.3, -0.25) is 4.79 Å². The van der Waals surface area contributed by atoms with Crippen LogP contribution in [-0.2, 0) is 11.3 Å². The number of nitrogens with two attached hydrogens (primary N) is 1. The van der Waals surface area contributed by atoms with Gasteiger partial charge in [0.05, 0.1) is 17.3 Å². The fourth-order valence-electron chi connectivity index (χ4n) is 1.27. The molecule has 0 atom stereocenters. The molecular formula is C10H15BrN2O2. The van der Waals surface area contributed by atoms with Crippen molar-refractivity contribution in [3.8, 4) is 0 Å². The van der Waals surface area contributed by atoms with E-state index in [4.69, 9.17) is 10.2 Å². The van der Waals surface area contributed by atoms with Crippen molar-refractivity contribution < 1.29 is 9.21 Å². The van der Waals surface area contributed by atoms with Crippen LogP contribution in [0.5, 0.6) is 0 Å². The number of carbonyl (C=O) groups is 1. The molecule has 0 aliphatic carbocycles. The molecule has 0 radical (unpaired) electrons. The van der Waals surface area contributed by atoms with Gasteiger partial charge in [-0.15, -0.1) is 0 Å². The summed E-state index contributed by atoms with van der Waals surface area (Å²) in [5, 5.41) is 3.21. The van der Waals surface area contributed by atoms with Gasteiger partial charge in [-0.05, 0) is 35.8 Å². The van der Waals surface area contributed by atoms with Crippen LogP contribution in [0.3, 0.4) is 0 Å². The summed E-state index contributed by atoms with van der Waals surface area (Å²) in [4.78, 5) is 10.8. The van der Waals surface area contributed by atoms with Gasteiger partial charge in [0, 0.05) is 12.0 Å². The van der Waals surface area contributed by atoms with Crippen molar-refractivity contribution in [2.75, 3.05) is 0 Å². The predicted molar refractivity (Wildman–Crippen MR) is 61.1 cm³/mol. The molecule has 0 spiro atoms. The number of carbonyl (C=O) groups excluding carboxylic acids is 1. The molecule has 15 heavy (non-hydrogen) atoms. The molecule has 1 amide bonds. The Morgan fingerprint density at radius 2 is 2.33 bits per heavy atom. The van der Waals surface area contributed by atoms with Crippen LogP contribution < -0.4 is 11.1 Å². The van der Waals surface area contributed by atoms with E-state index in [1.54, 1.807) is 6.26 Å². The van der Waals surface area contributed by atoms with Gasteiger partial charge in [0.1, 0.15) is 5.76 Å². The monoisotopic (exact) mass is 274 g/mol. The third kappa shape index (κ3) is 4.05. The minimum atomic E-state index is -0.321. The normalized spacial score (nSPS) is 11.7. The zero-order chi connectivity index (χ0) is 11.5. The lowest BCUT2D eigenvalue weighted by Crippen LogP contribution is -2.42. The molecule has 1 aromatic rings. The van der Waals surface area contributed by atoms with Gasteiger partial charge in [-0.2, -0.15) is 0 Å². The van der Waals surface area contributed by atoms with Crippen LogP contribution >= 0.6 is 15.9 Å². The number of amides is 1. The van der Waals surface area contributed by atoms with Crippen LogP contribution in [0.25, 0.3) is 0 Å². The lowest BCUT2D eigenvalue weighted by Gasteiger charge is -2.24. The minimum absolute atomic E-state index is 0.297. The van der Waals surface area contributed by atoms with E-state index >= 15 is 0 Å². The van der Waals surface area contributed by atoms with Crippen molar-refractivity contribution in [3.63, 3.8) is 0 Å². The fourth-order valence-corrected chi connectivity index (χ4v) is 1.61. The molecule has 1 rings (SSSR count). The van der Waals surface area contributed by atoms with E-state index in [-0.39, 0.29) is 11.4 Å². The second-order valence-electron chi connectivity index (χ2n) is 4.07. The first kappa shape index (κ1) is 12.3. The van der Waals surface area contributed by atoms with E-state index in [2.05, 4.69) is 21.2 Å². The molecule has 3 N–H and O–H groups in total. The van der Waals surface area contributed by atoms with Crippen LogP contribution in [0, 0.1) is 0 Å². The van der Waals surface area contributed by atoms with E-state index < -0.39 is 0 Å². The van der Waals surface area contributed by atoms with Gasteiger partial charge in [-0.1, -0.05) is 0 Å². The van der Waals surface area contributed by atoms with E-state index in [0.717, 1.165) is 10.2 Å². The van der Waals surface area contributed by atoms with E-state index in [0.29, 0.717) is 13.0 Å². The summed E-state index contributed by atoms with van der Waals surface area (Å²) < 4.78 is 6.16. The Hall–Kier alpha value is -0.810. The average Bonchev–Trinajstić information content (AvgIpc) is 2.45. The molecule has 0 bridgehead atoms. The molecular weight excluding hydrogens is 260 g/mol. The molecule has 0 fully saturated rings.